The molecule has 18 heavy (non-hydrogen) atoms. The Balaban J connectivity index is 2.00. The Morgan fingerprint density at radius 2 is 2.06 bits per heavy atom. The summed E-state index contributed by atoms with van der Waals surface area (Å²) in [7, 11) is 0. The van der Waals surface area contributed by atoms with Gasteiger partial charge in [0.05, 0.1) is 0 Å². The average molecular weight is 252 g/mol. The number of likely N-dealkylation sites (tertiary alicyclic amines) is 1. The van der Waals surface area contributed by atoms with Gasteiger partial charge >= 0.3 is 0 Å². The molecule has 2 fully saturated rings. The molecule has 1 aliphatic heterocycles. The molecule has 0 radical (unpaired) electrons. The molecular weight excluding hydrogens is 224 g/mol. The number of amides is 1. The van der Waals surface area contributed by atoms with Crippen LogP contribution in [-0.4, -0.2) is 29.9 Å². The monoisotopic (exact) mass is 252 g/mol. The van der Waals surface area contributed by atoms with Crippen molar-refractivity contribution in [1.29, 1.82) is 0 Å². The van der Waals surface area contributed by atoms with Gasteiger partial charge in [-0.05, 0) is 43.9 Å². The van der Waals surface area contributed by atoms with Crippen LogP contribution < -0.4 is 5.73 Å². The molecule has 3 heteroatoms. The van der Waals surface area contributed by atoms with Crippen molar-refractivity contribution in [2.75, 3.05) is 13.1 Å². The maximum Gasteiger partial charge on any atom is 0.226 e. The van der Waals surface area contributed by atoms with Gasteiger partial charge in [0.2, 0.25) is 5.91 Å². The second-order valence-corrected chi connectivity index (χ2v) is 6.98. The molecule has 0 bridgehead atoms. The first-order valence-corrected chi connectivity index (χ1v) is 7.46. The molecule has 1 aliphatic carbocycles. The van der Waals surface area contributed by atoms with Crippen LogP contribution in [0.5, 0.6) is 0 Å². The van der Waals surface area contributed by atoms with Crippen LogP contribution in [0.1, 0.15) is 52.9 Å². The van der Waals surface area contributed by atoms with E-state index in [1.807, 2.05) is 0 Å². The van der Waals surface area contributed by atoms with Gasteiger partial charge in [-0.25, -0.2) is 0 Å². The Bertz CT molecular complexity index is 312. The van der Waals surface area contributed by atoms with Crippen molar-refractivity contribution in [1.82, 2.24) is 4.90 Å². The summed E-state index contributed by atoms with van der Waals surface area (Å²) in [6.07, 6.45) is 5.76. The van der Waals surface area contributed by atoms with E-state index in [9.17, 15) is 4.79 Å². The number of piperidine rings is 1. The van der Waals surface area contributed by atoms with Crippen LogP contribution in [0.4, 0.5) is 0 Å². The molecule has 2 N–H and O–H groups in total. The van der Waals surface area contributed by atoms with Crippen molar-refractivity contribution in [3.8, 4) is 0 Å². The Morgan fingerprint density at radius 3 is 2.61 bits per heavy atom. The number of carbonyl (C=O) groups excluding carboxylic acids is 1. The molecule has 1 saturated heterocycles. The van der Waals surface area contributed by atoms with Crippen LogP contribution in [0.3, 0.4) is 0 Å². The van der Waals surface area contributed by atoms with Crippen molar-refractivity contribution in [2.45, 2.75) is 58.9 Å². The number of hydrogen-bond donors (Lipinski definition) is 1. The second kappa shape index (κ2) is 5.20. The molecule has 3 atom stereocenters. The summed E-state index contributed by atoms with van der Waals surface area (Å²) >= 11 is 0. The van der Waals surface area contributed by atoms with Crippen LogP contribution in [0.25, 0.3) is 0 Å². The lowest BCUT2D eigenvalue weighted by Crippen LogP contribution is -2.48. The fraction of sp³-hybridized carbons (Fsp3) is 0.933. The number of hydrogen-bond acceptors (Lipinski definition) is 2. The van der Waals surface area contributed by atoms with Crippen LogP contribution in [0.2, 0.25) is 0 Å². The third-order valence-corrected chi connectivity index (χ3v) is 5.07. The zero-order chi connectivity index (χ0) is 13.3. The first-order valence-electron chi connectivity index (χ1n) is 7.46. The highest BCUT2D eigenvalue weighted by atomic mass is 16.2. The molecule has 1 saturated carbocycles. The largest absolute Gasteiger partial charge is 0.342 e. The molecule has 2 aliphatic rings. The lowest BCUT2D eigenvalue weighted by atomic mass is 9.80. The van der Waals surface area contributed by atoms with Gasteiger partial charge in [-0.3, -0.25) is 4.79 Å². The quantitative estimate of drug-likeness (QED) is 0.820. The SMILES string of the molecule is CC(N)C1CCCN(C(=O)C2CCCC2(C)C)C1. The van der Waals surface area contributed by atoms with E-state index in [-0.39, 0.29) is 17.4 Å². The van der Waals surface area contributed by atoms with Crippen molar-refractivity contribution >= 4 is 5.91 Å². The molecule has 0 aromatic heterocycles. The normalized spacial score (nSPS) is 33.4. The number of nitrogens with two attached hydrogens (primary N) is 1. The fourth-order valence-corrected chi connectivity index (χ4v) is 3.64. The van der Waals surface area contributed by atoms with Crippen LogP contribution in [0.15, 0.2) is 0 Å². The third-order valence-electron chi connectivity index (χ3n) is 5.07. The summed E-state index contributed by atoms with van der Waals surface area (Å²) in [5.41, 5.74) is 6.19. The molecule has 0 aromatic rings. The van der Waals surface area contributed by atoms with E-state index in [0.717, 1.165) is 25.9 Å². The summed E-state index contributed by atoms with van der Waals surface area (Å²) < 4.78 is 0. The zero-order valence-electron chi connectivity index (χ0n) is 12.1. The first-order chi connectivity index (χ1) is 8.42. The van der Waals surface area contributed by atoms with Crippen molar-refractivity contribution in [2.24, 2.45) is 23.0 Å². The molecule has 2 rings (SSSR count). The smallest absolute Gasteiger partial charge is 0.226 e. The van der Waals surface area contributed by atoms with Crippen LogP contribution in [-0.2, 0) is 4.79 Å². The van der Waals surface area contributed by atoms with E-state index in [0.29, 0.717) is 11.8 Å². The minimum absolute atomic E-state index is 0.193. The maximum atomic E-state index is 12.7. The highest BCUT2D eigenvalue weighted by molar-refractivity contribution is 5.80. The highest BCUT2D eigenvalue weighted by Gasteiger charge is 2.42. The summed E-state index contributed by atoms with van der Waals surface area (Å²) in [5.74, 6) is 1.12. The summed E-state index contributed by atoms with van der Waals surface area (Å²) in [5, 5.41) is 0. The summed E-state index contributed by atoms with van der Waals surface area (Å²) in [4.78, 5) is 14.8. The van der Waals surface area contributed by atoms with Gasteiger partial charge in [-0.2, -0.15) is 0 Å². The van der Waals surface area contributed by atoms with Gasteiger partial charge in [0, 0.05) is 25.0 Å². The predicted molar refractivity (Wildman–Crippen MR) is 74.1 cm³/mol. The minimum atomic E-state index is 0.193. The number of nitrogens with zero attached hydrogens (tertiary/aromatic N) is 1. The van der Waals surface area contributed by atoms with E-state index in [4.69, 9.17) is 5.73 Å². The molecule has 3 nitrogen and oxygen atoms in total. The van der Waals surface area contributed by atoms with Gasteiger partial charge < -0.3 is 10.6 Å². The van der Waals surface area contributed by atoms with Crippen LogP contribution in [0, 0.1) is 17.3 Å². The predicted octanol–water partition coefficient (Wildman–Crippen LogP) is 2.40. The Hall–Kier alpha value is -0.570. The molecule has 104 valence electrons. The second-order valence-electron chi connectivity index (χ2n) is 6.98. The highest BCUT2D eigenvalue weighted by Crippen LogP contribution is 2.43. The molecule has 0 spiro atoms. The van der Waals surface area contributed by atoms with Gasteiger partial charge in [0.15, 0.2) is 0 Å². The Labute approximate surface area is 111 Å². The first kappa shape index (κ1) is 13.9. The summed E-state index contributed by atoms with van der Waals surface area (Å²) in [6, 6.07) is 0.206. The molecular formula is C15H28N2O. The van der Waals surface area contributed by atoms with Gasteiger partial charge in [-0.15, -0.1) is 0 Å². The molecule has 3 unspecified atom stereocenters. The number of rotatable bonds is 2. The average Bonchev–Trinajstić information content (AvgIpc) is 2.68. The van der Waals surface area contributed by atoms with E-state index < -0.39 is 0 Å². The molecule has 1 heterocycles. The van der Waals surface area contributed by atoms with E-state index in [2.05, 4.69) is 25.7 Å². The van der Waals surface area contributed by atoms with Gasteiger partial charge in [0.25, 0.3) is 0 Å². The standard InChI is InChI=1S/C15H28N2O/c1-11(16)12-6-5-9-17(10-12)14(18)13-7-4-8-15(13,2)3/h11-13H,4-10,16H2,1-3H3. The number of carbonyl (C=O) groups is 1. The fourth-order valence-electron chi connectivity index (χ4n) is 3.64. The Morgan fingerprint density at radius 1 is 1.33 bits per heavy atom. The Kier molecular flexibility index (Phi) is 4.00. The lowest BCUT2D eigenvalue weighted by Gasteiger charge is -2.38. The molecule has 1 amide bonds. The van der Waals surface area contributed by atoms with Crippen molar-refractivity contribution < 1.29 is 4.79 Å². The zero-order valence-corrected chi connectivity index (χ0v) is 12.1. The van der Waals surface area contributed by atoms with E-state index in [1.165, 1.54) is 19.3 Å². The van der Waals surface area contributed by atoms with Crippen LogP contribution >= 0.6 is 0 Å². The summed E-state index contributed by atoms with van der Waals surface area (Å²) in [6.45, 7) is 8.38. The molecule has 0 aromatic carbocycles. The lowest BCUT2D eigenvalue weighted by molar-refractivity contribution is -0.140. The van der Waals surface area contributed by atoms with Crippen molar-refractivity contribution in [3.63, 3.8) is 0 Å². The van der Waals surface area contributed by atoms with Crippen molar-refractivity contribution in [3.05, 3.63) is 0 Å². The maximum absolute atomic E-state index is 12.7. The van der Waals surface area contributed by atoms with Gasteiger partial charge in [0.1, 0.15) is 0 Å². The minimum Gasteiger partial charge on any atom is -0.342 e. The topological polar surface area (TPSA) is 46.3 Å². The van der Waals surface area contributed by atoms with Gasteiger partial charge in [-0.1, -0.05) is 20.3 Å². The van der Waals surface area contributed by atoms with E-state index >= 15 is 0 Å². The third kappa shape index (κ3) is 2.71. The van der Waals surface area contributed by atoms with E-state index in [1.54, 1.807) is 0 Å².